The smallest absolute Gasteiger partial charge is 0.475 e. The number of rotatable bonds is 4. The van der Waals surface area contributed by atoms with Crippen molar-refractivity contribution in [2.24, 2.45) is 11.8 Å². The van der Waals surface area contributed by atoms with E-state index in [-0.39, 0.29) is 0 Å². The van der Waals surface area contributed by atoms with E-state index in [0.29, 0.717) is 12.0 Å². The summed E-state index contributed by atoms with van der Waals surface area (Å²) in [6, 6.07) is 4.54. The van der Waals surface area contributed by atoms with Crippen LogP contribution in [0.25, 0.3) is 0 Å². The van der Waals surface area contributed by atoms with Crippen molar-refractivity contribution in [3.8, 4) is 0 Å². The topological polar surface area (TPSA) is 99.5 Å². The first-order valence-electron chi connectivity index (χ1n) is 11.5. The molecule has 0 spiro atoms. The van der Waals surface area contributed by atoms with E-state index in [0.717, 1.165) is 51.9 Å². The van der Waals surface area contributed by atoms with Gasteiger partial charge in [-0.3, -0.25) is 9.80 Å². The van der Waals surface area contributed by atoms with Crippen molar-refractivity contribution in [1.29, 1.82) is 0 Å². The Morgan fingerprint density at radius 2 is 1.57 bits per heavy atom. The van der Waals surface area contributed by atoms with Gasteiger partial charge >= 0.3 is 24.3 Å². The molecular formula is C22H30F6N2O6S. The van der Waals surface area contributed by atoms with Gasteiger partial charge in [-0.15, -0.1) is 11.3 Å². The van der Waals surface area contributed by atoms with Crippen LogP contribution in [0.5, 0.6) is 0 Å². The number of alkyl halides is 6. The number of carboxylic acids is 2. The molecule has 15 heteroatoms. The van der Waals surface area contributed by atoms with Crippen LogP contribution < -0.4 is 0 Å². The fourth-order valence-corrected chi connectivity index (χ4v) is 5.19. The third kappa shape index (κ3) is 10.8. The molecule has 3 aliphatic heterocycles. The summed E-state index contributed by atoms with van der Waals surface area (Å²) in [5.41, 5.74) is 0. The molecular weight excluding hydrogens is 534 g/mol. The number of piperidine rings is 1. The van der Waals surface area contributed by atoms with Gasteiger partial charge in [-0.05, 0) is 37.9 Å². The summed E-state index contributed by atoms with van der Waals surface area (Å²) in [5, 5.41) is 14.2. The first-order valence-corrected chi connectivity index (χ1v) is 12.3. The van der Waals surface area contributed by atoms with Gasteiger partial charge in [0.15, 0.2) is 0 Å². The number of thiophene rings is 1. The highest BCUT2D eigenvalue weighted by atomic mass is 32.1. The average Bonchev–Trinajstić information content (AvgIpc) is 3.39. The molecule has 0 saturated carbocycles. The number of nitrogens with zero attached hydrogens (tertiary/aromatic N) is 2. The second kappa shape index (κ2) is 13.7. The second-order valence-electron chi connectivity index (χ2n) is 8.85. The van der Waals surface area contributed by atoms with Gasteiger partial charge in [0, 0.05) is 48.4 Å². The summed E-state index contributed by atoms with van der Waals surface area (Å²) < 4.78 is 75.1. The monoisotopic (exact) mass is 564 g/mol. The first kappa shape index (κ1) is 31.3. The van der Waals surface area contributed by atoms with Crippen molar-refractivity contribution in [2.75, 3.05) is 52.5 Å². The SMILES string of the molecule is Cc1ccc(CN2CC[C@H]3CO[C@H](CN4CCOCC4)[C@H]3C2)s1.O=C(O)C(F)(F)F.O=C(O)C(F)(F)F. The number of hydrogen-bond donors (Lipinski definition) is 2. The van der Waals surface area contributed by atoms with E-state index in [1.807, 2.05) is 11.3 Å². The lowest BCUT2D eigenvalue weighted by Gasteiger charge is -2.37. The number of aryl methyl sites for hydroxylation is 1. The minimum atomic E-state index is -5.08. The number of fused-ring (bicyclic) bond motifs is 1. The van der Waals surface area contributed by atoms with E-state index in [1.54, 1.807) is 0 Å². The van der Waals surface area contributed by atoms with Gasteiger partial charge in [0.25, 0.3) is 0 Å². The van der Waals surface area contributed by atoms with Gasteiger partial charge in [-0.1, -0.05) is 0 Å². The van der Waals surface area contributed by atoms with Gasteiger partial charge in [-0.2, -0.15) is 26.3 Å². The molecule has 0 aliphatic carbocycles. The van der Waals surface area contributed by atoms with Crippen molar-refractivity contribution in [1.82, 2.24) is 9.80 Å². The molecule has 0 amide bonds. The van der Waals surface area contributed by atoms with Crippen LogP contribution in [-0.4, -0.2) is 103 Å². The zero-order valence-corrected chi connectivity index (χ0v) is 20.9. The molecule has 0 radical (unpaired) electrons. The number of aliphatic carboxylic acids is 2. The average molecular weight is 565 g/mol. The van der Waals surface area contributed by atoms with Gasteiger partial charge in [0.05, 0.1) is 25.9 Å². The van der Waals surface area contributed by atoms with E-state index >= 15 is 0 Å². The number of hydrogen-bond acceptors (Lipinski definition) is 7. The third-order valence-electron chi connectivity index (χ3n) is 6.09. The molecule has 37 heavy (non-hydrogen) atoms. The Bertz CT molecular complexity index is 851. The minimum absolute atomic E-state index is 0.422. The van der Waals surface area contributed by atoms with Crippen molar-refractivity contribution >= 4 is 23.3 Å². The number of carboxylic acid groups (broad SMARTS) is 2. The van der Waals surface area contributed by atoms with Crippen LogP contribution in [0, 0.1) is 18.8 Å². The fourth-order valence-electron chi connectivity index (χ4n) is 4.26. The predicted molar refractivity (Wildman–Crippen MR) is 120 cm³/mol. The number of likely N-dealkylation sites (tertiary alicyclic amines) is 1. The maximum absolute atomic E-state index is 10.6. The predicted octanol–water partition coefficient (Wildman–Crippen LogP) is 3.49. The Hall–Kier alpha value is -1.94. The second-order valence-corrected chi connectivity index (χ2v) is 10.2. The Balaban J connectivity index is 0.000000286. The third-order valence-corrected chi connectivity index (χ3v) is 7.08. The Labute approximate surface area is 213 Å². The molecule has 1 aromatic heterocycles. The molecule has 3 atom stereocenters. The Kier molecular flexibility index (Phi) is 11.6. The standard InChI is InChI=1S/C18H28N2O2S.2C2HF3O2/c1-14-2-3-16(23-14)10-20-5-4-15-13-22-18(17(15)11-20)12-19-6-8-21-9-7-19;2*3-2(4,5)1(6)7/h2-3,15,17-18H,4-13H2,1H3;2*(H,6,7)/t15-,17-,18+;;/m0../s1. The lowest BCUT2D eigenvalue weighted by atomic mass is 9.84. The van der Waals surface area contributed by atoms with E-state index in [1.165, 1.54) is 29.3 Å². The van der Waals surface area contributed by atoms with Crippen LogP contribution in [0.4, 0.5) is 26.3 Å². The van der Waals surface area contributed by atoms with Crippen molar-refractivity contribution in [3.05, 3.63) is 21.9 Å². The van der Waals surface area contributed by atoms with E-state index in [9.17, 15) is 26.3 Å². The van der Waals surface area contributed by atoms with Crippen LogP contribution in [0.1, 0.15) is 16.2 Å². The molecule has 3 aliphatic rings. The zero-order valence-electron chi connectivity index (χ0n) is 20.1. The molecule has 8 nitrogen and oxygen atoms in total. The van der Waals surface area contributed by atoms with Crippen LogP contribution in [0.15, 0.2) is 12.1 Å². The summed E-state index contributed by atoms with van der Waals surface area (Å²) in [7, 11) is 0. The van der Waals surface area contributed by atoms with Gasteiger partial charge < -0.3 is 19.7 Å². The number of ether oxygens (including phenoxy) is 2. The maximum atomic E-state index is 10.6. The van der Waals surface area contributed by atoms with Gasteiger partial charge in [0.2, 0.25) is 0 Å². The van der Waals surface area contributed by atoms with Crippen LogP contribution in [0.2, 0.25) is 0 Å². The van der Waals surface area contributed by atoms with E-state index in [2.05, 4.69) is 28.9 Å². The Morgan fingerprint density at radius 1 is 1.00 bits per heavy atom. The fraction of sp³-hybridized carbons (Fsp3) is 0.727. The van der Waals surface area contributed by atoms with E-state index < -0.39 is 24.3 Å². The molecule has 0 unspecified atom stereocenters. The maximum Gasteiger partial charge on any atom is 0.490 e. The minimum Gasteiger partial charge on any atom is -0.475 e. The summed E-state index contributed by atoms with van der Waals surface area (Å²) in [6.45, 7) is 11.7. The summed E-state index contributed by atoms with van der Waals surface area (Å²) in [6.07, 6.45) is -8.44. The highest BCUT2D eigenvalue weighted by Crippen LogP contribution is 2.35. The normalized spacial score (nSPS) is 24.8. The van der Waals surface area contributed by atoms with Crippen molar-refractivity contribution in [2.45, 2.75) is 38.3 Å². The van der Waals surface area contributed by atoms with Gasteiger partial charge in [0.1, 0.15) is 0 Å². The highest BCUT2D eigenvalue weighted by molar-refractivity contribution is 7.11. The van der Waals surface area contributed by atoms with E-state index in [4.69, 9.17) is 29.3 Å². The molecule has 3 saturated heterocycles. The van der Waals surface area contributed by atoms with Gasteiger partial charge in [-0.25, -0.2) is 9.59 Å². The number of morpholine rings is 1. The molecule has 212 valence electrons. The molecule has 0 aromatic carbocycles. The molecule has 3 fully saturated rings. The summed E-state index contributed by atoms with van der Waals surface area (Å²) in [5.74, 6) is -4.02. The van der Waals surface area contributed by atoms with Crippen LogP contribution in [-0.2, 0) is 25.6 Å². The van der Waals surface area contributed by atoms with Crippen molar-refractivity contribution in [3.63, 3.8) is 0 Å². The van der Waals surface area contributed by atoms with Crippen molar-refractivity contribution < 1.29 is 55.6 Å². The van der Waals surface area contributed by atoms with Crippen LogP contribution in [0.3, 0.4) is 0 Å². The molecule has 2 N–H and O–H groups in total. The molecule has 4 heterocycles. The largest absolute Gasteiger partial charge is 0.490 e. The highest BCUT2D eigenvalue weighted by Gasteiger charge is 2.41. The lowest BCUT2D eigenvalue weighted by molar-refractivity contribution is -0.193. The molecule has 1 aromatic rings. The lowest BCUT2D eigenvalue weighted by Crippen LogP contribution is -2.47. The molecule has 4 rings (SSSR count). The number of halogens is 6. The summed E-state index contributed by atoms with van der Waals surface area (Å²) in [4.78, 5) is 25.9. The first-order chi connectivity index (χ1) is 17.2. The number of carbonyl (C=O) groups is 2. The Morgan fingerprint density at radius 3 is 2.05 bits per heavy atom. The quantitative estimate of drug-likeness (QED) is 0.537. The van der Waals surface area contributed by atoms with Crippen LogP contribution >= 0.6 is 11.3 Å². The summed E-state index contributed by atoms with van der Waals surface area (Å²) >= 11 is 1.94. The zero-order chi connectivity index (χ0) is 27.8. The molecule has 0 bridgehead atoms.